The predicted octanol–water partition coefficient (Wildman–Crippen LogP) is -1.26. The normalized spacial score (nSPS) is 19.9. The van der Waals surface area contributed by atoms with Gasteiger partial charge in [0.05, 0.1) is 6.54 Å². The van der Waals surface area contributed by atoms with E-state index in [1.807, 2.05) is 0 Å². The lowest BCUT2D eigenvalue weighted by molar-refractivity contribution is -0.136. The third kappa shape index (κ3) is 1.19. The highest BCUT2D eigenvalue weighted by Gasteiger charge is 2.18. The fraction of sp³-hybridized carbons (Fsp3) is 0.400. The Hall–Kier alpha value is -1.06. The van der Waals surface area contributed by atoms with Gasteiger partial charge in [0.2, 0.25) is 11.8 Å². The molecule has 0 spiro atoms. The summed E-state index contributed by atoms with van der Waals surface area (Å²) in [6.07, 6.45) is 0. The Morgan fingerprint density at radius 3 is 2.78 bits per heavy atom. The molecule has 0 bridgehead atoms. The Balaban J connectivity index is 2.54. The number of carbonyl (C=O) groups is 2. The second-order valence-electron chi connectivity index (χ2n) is 1.91. The van der Waals surface area contributed by atoms with Crippen molar-refractivity contribution in [1.29, 1.82) is 0 Å². The zero-order chi connectivity index (χ0) is 6.85. The summed E-state index contributed by atoms with van der Waals surface area (Å²) in [6.45, 7) is 1.32. The molecule has 0 aliphatic carbocycles. The maximum absolute atomic E-state index is 10.6. The van der Waals surface area contributed by atoms with Gasteiger partial charge in [0.15, 0.2) is 0 Å². The number of nitrogens with one attached hydrogen (secondary N) is 1. The zero-order valence-corrected chi connectivity index (χ0v) is 5.05. The molecule has 1 rings (SSSR count). The Morgan fingerprint density at radius 1 is 1.67 bits per heavy atom. The van der Waals surface area contributed by atoms with Crippen LogP contribution in [0.1, 0.15) is 0 Å². The first-order valence-electron chi connectivity index (χ1n) is 2.58. The number of likely N-dealkylation sites (N-methyl/N-ethyl adjacent to an activating group) is 1. The van der Waals surface area contributed by atoms with Crippen LogP contribution in [0, 0.1) is 6.54 Å². The molecule has 2 amide bonds. The van der Waals surface area contributed by atoms with E-state index in [0.29, 0.717) is 0 Å². The van der Waals surface area contributed by atoms with Crippen LogP contribution in [0.3, 0.4) is 0 Å². The Labute approximate surface area is 52.8 Å². The summed E-state index contributed by atoms with van der Waals surface area (Å²) in [5.41, 5.74) is 0. The van der Waals surface area contributed by atoms with Gasteiger partial charge in [-0.25, -0.2) is 0 Å². The van der Waals surface area contributed by atoms with Crippen molar-refractivity contribution in [2.24, 2.45) is 0 Å². The van der Waals surface area contributed by atoms with Crippen LogP contribution in [0.5, 0.6) is 0 Å². The van der Waals surface area contributed by atoms with Crippen molar-refractivity contribution in [3.63, 3.8) is 0 Å². The Kier molecular flexibility index (Phi) is 1.38. The zero-order valence-electron chi connectivity index (χ0n) is 5.05. The fourth-order valence-corrected chi connectivity index (χ4v) is 0.591. The average Bonchev–Trinajstić information content (AvgIpc) is 1.80. The summed E-state index contributed by atoms with van der Waals surface area (Å²) in [5, 5.41) is 2.31. The third-order valence-corrected chi connectivity index (χ3v) is 1.11. The standard InChI is InChI=1S/C5H7N2O2/c1-7-3-4(8)6-2-5(7)9/h2H,3H2,1H3,(H,6,8). The molecule has 1 aliphatic rings. The molecule has 49 valence electrons. The number of piperazine rings is 1. The summed E-state index contributed by atoms with van der Waals surface area (Å²) in [5.74, 6) is -0.299. The molecule has 0 aromatic carbocycles. The molecule has 9 heavy (non-hydrogen) atoms. The van der Waals surface area contributed by atoms with Crippen LogP contribution in [0.25, 0.3) is 0 Å². The van der Waals surface area contributed by atoms with E-state index >= 15 is 0 Å². The molecule has 1 radical (unpaired) electrons. The minimum Gasteiger partial charge on any atom is -0.340 e. The van der Waals surface area contributed by atoms with Crippen LogP contribution < -0.4 is 5.32 Å². The second kappa shape index (κ2) is 2.05. The monoisotopic (exact) mass is 127 g/mol. The van der Waals surface area contributed by atoms with Gasteiger partial charge >= 0.3 is 0 Å². The third-order valence-electron chi connectivity index (χ3n) is 1.11. The van der Waals surface area contributed by atoms with Crippen LogP contribution >= 0.6 is 0 Å². The number of hydrogen-bond donors (Lipinski definition) is 1. The summed E-state index contributed by atoms with van der Waals surface area (Å²) in [6, 6.07) is 0. The van der Waals surface area contributed by atoms with Crippen molar-refractivity contribution < 1.29 is 9.59 Å². The number of amides is 2. The molecule has 0 aromatic heterocycles. The maximum atomic E-state index is 10.6. The van der Waals surface area contributed by atoms with E-state index in [0.717, 1.165) is 6.54 Å². The highest BCUT2D eigenvalue weighted by molar-refractivity contribution is 5.96. The highest BCUT2D eigenvalue weighted by Crippen LogP contribution is 1.92. The lowest BCUT2D eigenvalue weighted by Crippen LogP contribution is -2.46. The van der Waals surface area contributed by atoms with Gasteiger partial charge in [0.1, 0.15) is 6.54 Å². The molecule has 0 atom stereocenters. The minimum atomic E-state index is -0.158. The maximum Gasteiger partial charge on any atom is 0.248 e. The van der Waals surface area contributed by atoms with Gasteiger partial charge in [-0.05, 0) is 0 Å². The minimum absolute atomic E-state index is 0.142. The van der Waals surface area contributed by atoms with Crippen molar-refractivity contribution in [3.05, 3.63) is 6.54 Å². The average molecular weight is 127 g/mol. The summed E-state index contributed by atoms with van der Waals surface area (Å²) < 4.78 is 0. The van der Waals surface area contributed by atoms with Crippen molar-refractivity contribution in [2.75, 3.05) is 13.6 Å². The van der Waals surface area contributed by atoms with Crippen molar-refractivity contribution >= 4 is 11.8 Å². The van der Waals surface area contributed by atoms with Gasteiger partial charge in [0.25, 0.3) is 0 Å². The largest absolute Gasteiger partial charge is 0.340 e. The van der Waals surface area contributed by atoms with Crippen LogP contribution in [0.2, 0.25) is 0 Å². The number of hydrogen-bond acceptors (Lipinski definition) is 2. The van der Waals surface area contributed by atoms with Crippen molar-refractivity contribution in [3.8, 4) is 0 Å². The molecule has 4 heteroatoms. The number of carbonyl (C=O) groups excluding carboxylic acids is 2. The molecule has 0 unspecified atom stereocenters. The molecule has 0 saturated carbocycles. The molecule has 1 heterocycles. The molecular weight excluding hydrogens is 120 g/mol. The molecule has 1 N–H and O–H groups in total. The smallest absolute Gasteiger partial charge is 0.248 e. The first kappa shape index (κ1) is 6.07. The Morgan fingerprint density at radius 2 is 2.33 bits per heavy atom. The Bertz CT molecular complexity index is 155. The van der Waals surface area contributed by atoms with Gasteiger partial charge in [-0.2, -0.15) is 0 Å². The lowest BCUT2D eigenvalue weighted by Gasteiger charge is -2.20. The van der Waals surface area contributed by atoms with E-state index in [1.165, 1.54) is 4.90 Å². The van der Waals surface area contributed by atoms with Gasteiger partial charge in [-0.15, -0.1) is 0 Å². The predicted molar refractivity (Wildman–Crippen MR) is 30.1 cm³/mol. The highest BCUT2D eigenvalue weighted by atomic mass is 16.2. The second-order valence-corrected chi connectivity index (χ2v) is 1.91. The summed E-state index contributed by atoms with van der Waals surface area (Å²) in [4.78, 5) is 22.4. The first-order valence-corrected chi connectivity index (χ1v) is 2.58. The van der Waals surface area contributed by atoms with E-state index in [-0.39, 0.29) is 18.4 Å². The first-order chi connectivity index (χ1) is 4.20. The summed E-state index contributed by atoms with van der Waals surface area (Å²) in [7, 11) is 1.58. The molecule has 1 fully saturated rings. The fourth-order valence-electron chi connectivity index (χ4n) is 0.591. The van der Waals surface area contributed by atoms with Gasteiger partial charge in [0, 0.05) is 7.05 Å². The van der Waals surface area contributed by atoms with E-state index in [2.05, 4.69) is 5.32 Å². The molecule has 1 saturated heterocycles. The molecule has 4 nitrogen and oxygen atoms in total. The van der Waals surface area contributed by atoms with Gasteiger partial charge in [-0.1, -0.05) is 0 Å². The van der Waals surface area contributed by atoms with Crippen LogP contribution in [0.4, 0.5) is 0 Å². The van der Waals surface area contributed by atoms with Crippen LogP contribution in [0.15, 0.2) is 0 Å². The van der Waals surface area contributed by atoms with E-state index in [1.54, 1.807) is 7.05 Å². The lowest BCUT2D eigenvalue weighted by atomic mass is 10.4. The summed E-state index contributed by atoms with van der Waals surface area (Å²) >= 11 is 0. The number of nitrogens with zero attached hydrogens (tertiary/aromatic N) is 1. The van der Waals surface area contributed by atoms with Gasteiger partial charge < -0.3 is 10.2 Å². The van der Waals surface area contributed by atoms with Crippen molar-refractivity contribution in [2.45, 2.75) is 0 Å². The molecule has 1 aliphatic heterocycles. The van der Waals surface area contributed by atoms with E-state index < -0.39 is 0 Å². The van der Waals surface area contributed by atoms with Gasteiger partial charge in [-0.3, -0.25) is 9.59 Å². The molecular formula is C5H7N2O2. The van der Waals surface area contributed by atoms with Crippen LogP contribution in [-0.4, -0.2) is 30.3 Å². The van der Waals surface area contributed by atoms with E-state index in [4.69, 9.17) is 0 Å². The topological polar surface area (TPSA) is 49.4 Å². The SMILES string of the molecule is CN1CC(=O)N[CH]C1=O. The quantitative estimate of drug-likeness (QED) is 0.441. The molecule has 0 aromatic rings. The van der Waals surface area contributed by atoms with E-state index in [9.17, 15) is 9.59 Å². The number of rotatable bonds is 0. The van der Waals surface area contributed by atoms with Crippen molar-refractivity contribution in [1.82, 2.24) is 10.2 Å². The van der Waals surface area contributed by atoms with Crippen LogP contribution in [-0.2, 0) is 9.59 Å².